The van der Waals surface area contributed by atoms with E-state index in [4.69, 9.17) is 10.8 Å². The molecule has 7 nitrogen and oxygen atoms in total. The van der Waals surface area contributed by atoms with Crippen molar-refractivity contribution in [3.8, 4) is 0 Å². The Morgan fingerprint density at radius 2 is 2.25 bits per heavy atom. The van der Waals surface area contributed by atoms with Crippen molar-refractivity contribution in [2.45, 2.75) is 31.5 Å². The molecule has 0 aliphatic carbocycles. The molecule has 1 aliphatic rings. The third-order valence-corrected chi connectivity index (χ3v) is 3.28. The predicted octanol–water partition coefficient (Wildman–Crippen LogP) is -0.351. The number of nitrogens with zero attached hydrogens (tertiary/aromatic N) is 2. The van der Waals surface area contributed by atoms with Crippen LogP contribution < -0.4 is 5.73 Å². The Bertz CT molecular complexity index is 520. The monoisotopic (exact) mass is 279 g/mol. The van der Waals surface area contributed by atoms with E-state index in [9.17, 15) is 14.7 Å². The molecule has 0 spiro atoms. The number of amides is 1. The summed E-state index contributed by atoms with van der Waals surface area (Å²) < 4.78 is 0. The zero-order valence-electron chi connectivity index (χ0n) is 10.9. The van der Waals surface area contributed by atoms with E-state index in [1.165, 1.54) is 6.07 Å². The van der Waals surface area contributed by atoms with E-state index in [-0.39, 0.29) is 11.6 Å². The molecule has 1 saturated heterocycles. The summed E-state index contributed by atoms with van der Waals surface area (Å²) in [4.78, 5) is 28.2. The average molecular weight is 279 g/mol. The van der Waals surface area contributed by atoms with E-state index in [2.05, 4.69) is 4.98 Å². The van der Waals surface area contributed by atoms with Gasteiger partial charge in [0.1, 0.15) is 12.1 Å². The highest BCUT2D eigenvalue weighted by molar-refractivity contribution is 5.78. The number of aliphatic hydroxyl groups excluding tert-OH is 1. The van der Waals surface area contributed by atoms with Crippen molar-refractivity contribution in [3.05, 3.63) is 29.6 Å². The zero-order chi connectivity index (χ0) is 14.7. The van der Waals surface area contributed by atoms with Crippen LogP contribution in [0.4, 0.5) is 0 Å². The molecular formula is C13H17N3O4. The van der Waals surface area contributed by atoms with Gasteiger partial charge in [-0.1, -0.05) is 6.07 Å². The maximum absolute atomic E-state index is 11.5. The second-order valence-electron chi connectivity index (χ2n) is 4.78. The van der Waals surface area contributed by atoms with Gasteiger partial charge in [0.2, 0.25) is 5.91 Å². The maximum Gasteiger partial charge on any atom is 0.323 e. The van der Waals surface area contributed by atoms with Crippen LogP contribution in [0.3, 0.4) is 0 Å². The van der Waals surface area contributed by atoms with E-state index in [1.807, 2.05) is 0 Å². The molecule has 4 N–H and O–H groups in total. The van der Waals surface area contributed by atoms with E-state index in [1.54, 1.807) is 17.0 Å². The normalized spacial score (nSPS) is 18.1. The molecule has 2 heterocycles. The topological polar surface area (TPSA) is 117 Å². The summed E-state index contributed by atoms with van der Waals surface area (Å²) in [5, 5.41) is 18.6. The fourth-order valence-corrected chi connectivity index (χ4v) is 2.14. The van der Waals surface area contributed by atoms with E-state index >= 15 is 0 Å². The number of carbonyl (C=O) groups is 2. The van der Waals surface area contributed by atoms with Gasteiger partial charge in [0.05, 0.1) is 17.9 Å². The lowest BCUT2D eigenvalue weighted by Crippen LogP contribution is -2.37. The lowest BCUT2D eigenvalue weighted by atomic mass is 10.1. The first-order valence-electron chi connectivity index (χ1n) is 6.39. The highest BCUT2D eigenvalue weighted by atomic mass is 16.4. The fraction of sp³-hybridized carbons (Fsp3) is 0.462. The lowest BCUT2D eigenvalue weighted by Gasteiger charge is -2.18. The van der Waals surface area contributed by atoms with Gasteiger partial charge in [0.15, 0.2) is 0 Å². The van der Waals surface area contributed by atoms with Crippen LogP contribution in [0, 0.1) is 0 Å². The summed E-state index contributed by atoms with van der Waals surface area (Å²) in [7, 11) is 0. The van der Waals surface area contributed by atoms with Crippen molar-refractivity contribution < 1.29 is 19.8 Å². The van der Waals surface area contributed by atoms with Crippen molar-refractivity contribution >= 4 is 11.9 Å². The molecule has 20 heavy (non-hydrogen) atoms. The van der Waals surface area contributed by atoms with Crippen LogP contribution in [0.15, 0.2) is 18.2 Å². The number of hydrogen-bond donors (Lipinski definition) is 3. The first kappa shape index (κ1) is 14.4. The second kappa shape index (κ2) is 5.98. The van der Waals surface area contributed by atoms with Gasteiger partial charge >= 0.3 is 5.97 Å². The van der Waals surface area contributed by atoms with Crippen LogP contribution in [0.1, 0.15) is 30.3 Å². The molecule has 2 unspecified atom stereocenters. The molecule has 108 valence electrons. The van der Waals surface area contributed by atoms with Gasteiger partial charge < -0.3 is 20.8 Å². The Morgan fingerprint density at radius 1 is 1.50 bits per heavy atom. The molecule has 0 bridgehead atoms. The summed E-state index contributed by atoms with van der Waals surface area (Å²) >= 11 is 0. The molecule has 2 rings (SSSR count). The van der Waals surface area contributed by atoms with Gasteiger partial charge in [-0.15, -0.1) is 0 Å². The number of carboxylic acid groups (broad SMARTS) is 1. The summed E-state index contributed by atoms with van der Waals surface area (Å²) in [6.07, 6.45) is 0.0128. The smallest absolute Gasteiger partial charge is 0.323 e. The van der Waals surface area contributed by atoms with E-state index < -0.39 is 18.1 Å². The molecule has 0 radical (unpaired) electrons. The van der Waals surface area contributed by atoms with Gasteiger partial charge in [-0.2, -0.15) is 0 Å². The van der Waals surface area contributed by atoms with Crippen LogP contribution in [-0.4, -0.2) is 44.6 Å². The van der Waals surface area contributed by atoms with Gasteiger partial charge in [0.25, 0.3) is 0 Å². The third kappa shape index (κ3) is 3.12. The quantitative estimate of drug-likeness (QED) is 0.678. The van der Waals surface area contributed by atoms with Crippen molar-refractivity contribution in [2.75, 3.05) is 6.54 Å². The minimum atomic E-state index is -1.42. The van der Waals surface area contributed by atoms with Gasteiger partial charge in [0, 0.05) is 13.0 Å². The minimum absolute atomic E-state index is 0.0833. The molecule has 7 heteroatoms. The lowest BCUT2D eigenvalue weighted by molar-refractivity contribution is -0.141. The molecule has 1 aromatic rings. The van der Waals surface area contributed by atoms with E-state index in [0.717, 1.165) is 6.42 Å². The number of aliphatic hydroxyl groups is 1. The number of nitrogens with two attached hydrogens (primary N) is 1. The summed E-state index contributed by atoms with van der Waals surface area (Å²) in [6.45, 7) is 1.06. The van der Waals surface area contributed by atoms with Gasteiger partial charge in [-0.05, 0) is 18.6 Å². The van der Waals surface area contributed by atoms with Crippen LogP contribution in [0.2, 0.25) is 0 Å². The van der Waals surface area contributed by atoms with Gasteiger partial charge in [-0.25, -0.2) is 0 Å². The zero-order valence-corrected chi connectivity index (χ0v) is 10.9. The Kier molecular flexibility index (Phi) is 4.31. The molecule has 1 aliphatic heterocycles. The van der Waals surface area contributed by atoms with Crippen molar-refractivity contribution in [1.82, 2.24) is 9.88 Å². The van der Waals surface area contributed by atoms with Crippen LogP contribution in [0.25, 0.3) is 0 Å². The number of aliphatic carboxylic acids is 1. The standard InChI is InChI=1S/C13H17N3O4/c14-11(13(19)20)12(18)9-4-1-3-8(15-9)7-16-6-2-5-10(16)17/h1,3-4,11-12,18H,2,5-7,14H2,(H,19,20). The largest absolute Gasteiger partial charge is 0.480 e. The average Bonchev–Trinajstić information content (AvgIpc) is 2.83. The van der Waals surface area contributed by atoms with Gasteiger partial charge in [-0.3, -0.25) is 14.6 Å². The summed E-state index contributed by atoms with van der Waals surface area (Å²) in [6, 6.07) is 3.48. The van der Waals surface area contributed by atoms with E-state index in [0.29, 0.717) is 25.2 Å². The molecule has 0 aromatic carbocycles. The van der Waals surface area contributed by atoms with Crippen molar-refractivity contribution in [3.63, 3.8) is 0 Å². The second-order valence-corrected chi connectivity index (χ2v) is 4.78. The highest BCUT2D eigenvalue weighted by Gasteiger charge is 2.25. The number of aromatic nitrogens is 1. The molecular weight excluding hydrogens is 262 g/mol. The van der Waals surface area contributed by atoms with Crippen molar-refractivity contribution in [2.24, 2.45) is 5.73 Å². The number of likely N-dealkylation sites (tertiary alicyclic amines) is 1. The molecule has 0 saturated carbocycles. The first-order valence-corrected chi connectivity index (χ1v) is 6.39. The summed E-state index contributed by atoms with van der Waals surface area (Å²) in [5.74, 6) is -1.21. The number of carbonyl (C=O) groups excluding carboxylic acids is 1. The Morgan fingerprint density at radius 3 is 2.85 bits per heavy atom. The maximum atomic E-state index is 11.5. The third-order valence-electron chi connectivity index (χ3n) is 3.28. The molecule has 1 amide bonds. The van der Waals surface area contributed by atoms with Crippen LogP contribution in [-0.2, 0) is 16.1 Å². The highest BCUT2D eigenvalue weighted by Crippen LogP contribution is 2.17. The Hall–Kier alpha value is -1.99. The van der Waals surface area contributed by atoms with Crippen molar-refractivity contribution in [1.29, 1.82) is 0 Å². The molecule has 1 fully saturated rings. The number of rotatable bonds is 5. The van der Waals surface area contributed by atoms with Crippen LogP contribution in [0.5, 0.6) is 0 Å². The fourth-order valence-electron chi connectivity index (χ4n) is 2.14. The minimum Gasteiger partial charge on any atom is -0.480 e. The number of hydrogen-bond acceptors (Lipinski definition) is 5. The van der Waals surface area contributed by atoms with Crippen LogP contribution >= 0.6 is 0 Å². The summed E-state index contributed by atoms with van der Waals surface area (Å²) in [5.41, 5.74) is 6.18. The first-order chi connectivity index (χ1) is 9.49. The Balaban J connectivity index is 2.11. The number of carboxylic acids is 1. The molecule has 1 aromatic heterocycles. The molecule has 2 atom stereocenters. The number of pyridine rings is 1. The SMILES string of the molecule is NC(C(=O)O)C(O)c1cccc(CN2CCCC2=O)n1. The predicted molar refractivity (Wildman–Crippen MR) is 69.5 cm³/mol. The Labute approximate surface area is 116 Å².